The van der Waals surface area contributed by atoms with Gasteiger partial charge in [0.1, 0.15) is 0 Å². The summed E-state index contributed by atoms with van der Waals surface area (Å²) in [5.41, 5.74) is 4.96. The van der Waals surface area contributed by atoms with Crippen LogP contribution >= 0.6 is 7.82 Å². The van der Waals surface area contributed by atoms with Crippen molar-refractivity contribution in [3.63, 3.8) is 0 Å². The minimum atomic E-state index is -4.25. The molecule has 0 aliphatic carbocycles. The Balaban J connectivity index is 0. The van der Waals surface area contributed by atoms with Crippen molar-refractivity contribution in [2.75, 3.05) is 13.2 Å². The Hall–Kier alpha value is 0.0300. The number of phosphoric acid groups is 1. The zero-order valence-corrected chi connectivity index (χ0v) is 22.4. The second-order valence-electron chi connectivity index (χ2n) is 9.20. The molecule has 0 aliphatic rings. The van der Waals surface area contributed by atoms with Gasteiger partial charge in [0.05, 0.1) is 12.2 Å². The number of rotatable bonds is 22. The van der Waals surface area contributed by atoms with E-state index in [-0.39, 0.29) is 6.61 Å². The van der Waals surface area contributed by atoms with Gasteiger partial charge in [-0.3, -0.25) is 4.52 Å². The van der Waals surface area contributed by atoms with Gasteiger partial charge in [0, 0.05) is 6.54 Å². The molecule has 0 aromatic heterocycles. The van der Waals surface area contributed by atoms with Gasteiger partial charge in [-0.2, -0.15) is 0 Å². The van der Waals surface area contributed by atoms with Crippen LogP contribution < -0.4 is 5.73 Å². The van der Waals surface area contributed by atoms with E-state index in [9.17, 15) is 9.67 Å². The van der Waals surface area contributed by atoms with E-state index in [1.165, 1.54) is 64.2 Å². The normalized spacial score (nSPS) is 12.0. The molecule has 0 aromatic carbocycles. The standard InChI is InChI=1S/C15H33O4P.C10H23NO/c1-2-3-4-5-6-7-8-9-10-11-12-13-14-15-19-20(16,17)18;1-3-5-7-10(12,9-11)8-6-4-2/h2-15H2,1H3,(H2,16,17,18);12H,3-9,11H2,1-2H3. The number of phosphoric ester groups is 1. The SMILES string of the molecule is CCCCC(O)(CN)CCCC.CCCCCCCCCCCCCCCOP(=O)(O)O. The highest BCUT2D eigenvalue weighted by Gasteiger charge is 2.22. The molecule has 0 atom stereocenters. The second kappa shape index (κ2) is 24.2. The minimum Gasteiger partial charge on any atom is -0.389 e. The Morgan fingerprint density at radius 2 is 1.00 bits per heavy atom. The highest BCUT2D eigenvalue weighted by atomic mass is 31.2. The zero-order chi connectivity index (χ0) is 24.6. The largest absolute Gasteiger partial charge is 0.469 e. The highest BCUT2D eigenvalue weighted by molar-refractivity contribution is 7.46. The maximum atomic E-state index is 10.4. The summed E-state index contributed by atoms with van der Waals surface area (Å²) < 4.78 is 14.8. The monoisotopic (exact) mass is 481 g/mol. The molecule has 0 saturated heterocycles. The first-order valence-electron chi connectivity index (χ1n) is 13.4. The van der Waals surface area contributed by atoms with Crippen LogP contribution in [0.25, 0.3) is 0 Å². The molecule has 0 bridgehead atoms. The van der Waals surface area contributed by atoms with Crippen LogP contribution in [-0.4, -0.2) is 33.6 Å². The lowest BCUT2D eigenvalue weighted by molar-refractivity contribution is 0.0273. The maximum absolute atomic E-state index is 10.4. The van der Waals surface area contributed by atoms with Crippen LogP contribution in [0.5, 0.6) is 0 Å². The van der Waals surface area contributed by atoms with Crippen LogP contribution in [-0.2, 0) is 9.09 Å². The van der Waals surface area contributed by atoms with Crippen molar-refractivity contribution < 1.29 is 24.0 Å². The number of aliphatic hydroxyl groups is 1. The number of nitrogens with two attached hydrogens (primary N) is 1. The Bertz CT molecular complexity index is 409. The van der Waals surface area contributed by atoms with Gasteiger partial charge >= 0.3 is 7.82 Å². The van der Waals surface area contributed by atoms with Gasteiger partial charge in [0.25, 0.3) is 0 Å². The molecular formula is C25H56NO5P. The molecule has 0 unspecified atom stereocenters. The van der Waals surface area contributed by atoms with Crippen molar-refractivity contribution in [1.29, 1.82) is 0 Å². The third-order valence-corrected chi connectivity index (χ3v) is 6.40. The van der Waals surface area contributed by atoms with Gasteiger partial charge in [-0.1, -0.05) is 124 Å². The van der Waals surface area contributed by atoms with Crippen LogP contribution in [0.2, 0.25) is 0 Å². The molecule has 196 valence electrons. The van der Waals surface area contributed by atoms with Crippen molar-refractivity contribution in [3.05, 3.63) is 0 Å². The Morgan fingerprint density at radius 3 is 1.31 bits per heavy atom. The highest BCUT2D eigenvalue weighted by Crippen LogP contribution is 2.35. The summed E-state index contributed by atoms with van der Waals surface area (Å²) in [7, 11) is -4.25. The number of hydrogen-bond donors (Lipinski definition) is 4. The fourth-order valence-corrected chi connectivity index (χ4v) is 4.01. The Kier molecular flexibility index (Phi) is 25.8. The first-order valence-corrected chi connectivity index (χ1v) is 14.9. The average Bonchev–Trinajstić information content (AvgIpc) is 2.76. The van der Waals surface area contributed by atoms with E-state index in [1.807, 2.05) is 0 Å². The molecule has 0 spiro atoms. The van der Waals surface area contributed by atoms with Crippen LogP contribution in [0.3, 0.4) is 0 Å². The van der Waals surface area contributed by atoms with Crippen LogP contribution in [0.15, 0.2) is 0 Å². The second-order valence-corrected chi connectivity index (χ2v) is 10.4. The van der Waals surface area contributed by atoms with Crippen molar-refractivity contribution in [3.8, 4) is 0 Å². The lowest BCUT2D eigenvalue weighted by Gasteiger charge is -2.26. The van der Waals surface area contributed by atoms with E-state index in [1.54, 1.807) is 0 Å². The maximum Gasteiger partial charge on any atom is 0.469 e. The molecule has 0 radical (unpaired) electrons. The van der Waals surface area contributed by atoms with Crippen LogP contribution in [0.1, 0.15) is 143 Å². The Morgan fingerprint density at radius 1 is 0.656 bits per heavy atom. The summed E-state index contributed by atoms with van der Waals surface area (Å²) in [4.78, 5) is 17.0. The number of hydrogen-bond acceptors (Lipinski definition) is 4. The predicted molar refractivity (Wildman–Crippen MR) is 137 cm³/mol. The lowest BCUT2D eigenvalue weighted by atomic mass is 9.91. The van der Waals surface area contributed by atoms with Gasteiger partial charge in [0.2, 0.25) is 0 Å². The molecule has 7 heteroatoms. The first kappa shape index (κ1) is 34.2. The van der Waals surface area contributed by atoms with E-state index in [0.29, 0.717) is 6.54 Å². The summed E-state index contributed by atoms with van der Waals surface area (Å²) in [6.07, 6.45) is 22.5. The van der Waals surface area contributed by atoms with Crippen molar-refractivity contribution in [2.45, 2.75) is 148 Å². The topological polar surface area (TPSA) is 113 Å². The smallest absolute Gasteiger partial charge is 0.389 e. The van der Waals surface area contributed by atoms with E-state index >= 15 is 0 Å². The van der Waals surface area contributed by atoms with Crippen molar-refractivity contribution >= 4 is 7.82 Å². The summed E-state index contributed by atoms with van der Waals surface area (Å²) in [5, 5.41) is 9.96. The van der Waals surface area contributed by atoms with Gasteiger partial charge < -0.3 is 20.6 Å². The molecule has 0 heterocycles. The van der Waals surface area contributed by atoms with Crippen molar-refractivity contribution in [1.82, 2.24) is 0 Å². The fraction of sp³-hybridized carbons (Fsp3) is 1.00. The van der Waals surface area contributed by atoms with Crippen LogP contribution in [0.4, 0.5) is 0 Å². The molecular weight excluding hydrogens is 425 g/mol. The van der Waals surface area contributed by atoms with E-state index in [0.717, 1.165) is 57.8 Å². The van der Waals surface area contributed by atoms with Gasteiger partial charge in [-0.15, -0.1) is 0 Å². The number of unbranched alkanes of at least 4 members (excludes halogenated alkanes) is 14. The third-order valence-electron chi connectivity index (χ3n) is 5.88. The fourth-order valence-electron chi connectivity index (χ4n) is 3.64. The first-order chi connectivity index (χ1) is 15.2. The van der Waals surface area contributed by atoms with E-state index in [2.05, 4.69) is 25.3 Å². The summed E-state index contributed by atoms with van der Waals surface area (Å²) in [5.74, 6) is 0. The van der Waals surface area contributed by atoms with Gasteiger partial charge in [-0.25, -0.2) is 4.57 Å². The lowest BCUT2D eigenvalue weighted by Crippen LogP contribution is -2.37. The van der Waals surface area contributed by atoms with Crippen molar-refractivity contribution in [2.24, 2.45) is 5.73 Å². The minimum absolute atomic E-state index is 0.169. The quantitative estimate of drug-likeness (QED) is 0.0957. The molecule has 32 heavy (non-hydrogen) atoms. The molecule has 0 saturated carbocycles. The predicted octanol–water partition coefficient (Wildman–Crippen LogP) is 7.24. The van der Waals surface area contributed by atoms with E-state index < -0.39 is 13.4 Å². The molecule has 5 N–H and O–H groups in total. The third kappa shape index (κ3) is 28.1. The van der Waals surface area contributed by atoms with Crippen LogP contribution in [0, 0.1) is 0 Å². The Labute approximate surface area is 199 Å². The summed E-state index contributed by atoms with van der Waals surface area (Å²) >= 11 is 0. The summed E-state index contributed by atoms with van der Waals surface area (Å²) in [6.45, 7) is 7.10. The molecule has 0 aromatic rings. The molecule has 0 aliphatic heterocycles. The van der Waals surface area contributed by atoms with Gasteiger partial charge in [0.15, 0.2) is 0 Å². The molecule has 0 fully saturated rings. The average molecular weight is 482 g/mol. The zero-order valence-electron chi connectivity index (χ0n) is 21.5. The molecule has 0 amide bonds. The van der Waals surface area contributed by atoms with E-state index in [4.69, 9.17) is 15.5 Å². The van der Waals surface area contributed by atoms with Gasteiger partial charge in [-0.05, 0) is 19.3 Å². The molecule has 6 nitrogen and oxygen atoms in total. The molecule has 0 rings (SSSR count). The summed E-state index contributed by atoms with van der Waals surface area (Å²) in [6, 6.07) is 0.